The number of ketones is 1. The highest BCUT2D eigenvalue weighted by Gasteiger charge is 2.19. The van der Waals surface area contributed by atoms with Gasteiger partial charge in [-0.05, 0) is 49.2 Å². The Morgan fingerprint density at radius 2 is 1.70 bits per heavy atom. The third-order valence-corrected chi connectivity index (χ3v) is 4.64. The molecule has 122 valence electrons. The fourth-order valence-electron chi connectivity index (χ4n) is 2.01. The van der Waals surface area contributed by atoms with E-state index in [0.717, 1.165) is 12.0 Å². The highest BCUT2D eigenvalue weighted by molar-refractivity contribution is 7.87. The highest BCUT2D eigenvalue weighted by atomic mass is 32.2. The number of aryl methyl sites for hydroxylation is 1. The van der Waals surface area contributed by atoms with Crippen molar-refractivity contribution in [1.82, 2.24) is 0 Å². The Labute approximate surface area is 136 Å². The van der Waals surface area contributed by atoms with E-state index in [4.69, 9.17) is 8.92 Å². The molecule has 0 saturated carbocycles. The predicted molar refractivity (Wildman–Crippen MR) is 86.6 cm³/mol. The third-order valence-electron chi connectivity index (χ3n) is 3.39. The molecule has 0 unspecified atom stereocenters. The molecule has 0 fully saturated rings. The molecule has 2 rings (SSSR count). The van der Waals surface area contributed by atoms with Crippen LogP contribution in [0, 0.1) is 0 Å². The summed E-state index contributed by atoms with van der Waals surface area (Å²) in [5.74, 6) is 0.0800. The first-order valence-corrected chi connectivity index (χ1v) is 8.50. The van der Waals surface area contributed by atoms with Crippen molar-refractivity contribution in [3.8, 4) is 11.5 Å². The molecule has 2 aromatic carbocycles. The molecular weight excluding hydrogens is 316 g/mol. The fourth-order valence-corrected chi connectivity index (χ4v) is 2.95. The van der Waals surface area contributed by atoms with Crippen molar-refractivity contribution in [2.75, 3.05) is 7.11 Å². The van der Waals surface area contributed by atoms with Crippen LogP contribution in [0.4, 0.5) is 0 Å². The quantitative estimate of drug-likeness (QED) is 0.599. The van der Waals surface area contributed by atoms with Gasteiger partial charge in [-0.25, -0.2) is 0 Å². The van der Waals surface area contributed by atoms with E-state index in [9.17, 15) is 13.2 Å². The molecule has 0 bridgehead atoms. The molecule has 0 saturated heterocycles. The van der Waals surface area contributed by atoms with Crippen LogP contribution >= 0.6 is 0 Å². The maximum absolute atomic E-state index is 12.3. The monoisotopic (exact) mass is 334 g/mol. The van der Waals surface area contributed by atoms with Crippen molar-refractivity contribution in [1.29, 1.82) is 0 Å². The average molecular weight is 334 g/mol. The minimum absolute atomic E-state index is 0.0390. The summed E-state index contributed by atoms with van der Waals surface area (Å²) in [5.41, 5.74) is 1.45. The summed E-state index contributed by atoms with van der Waals surface area (Å²) in [4.78, 5) is 11.4. The van der Waals surface area contributed by atoms with Gasteiger partial charge in [-0.15, -0.1) is 0 Å². The van der Waals surface area contributed by atoms with E-state index in [0.29, 0.717) is 5.56 Å². The lowest BCUT2D eigenvalue weighted by Crippen LogP contribution is -2.10. The molecule has 0 aliphatic rings. The van der Waals surface area contributed by atoms with Gasteiger partial charge in [0.1, 0.15) is 4.90 Å². The van der Waals surface area contributed by atoms with Crippen LogP contribution in [0.25, 0.3) is 0 Å². The first-order chi connectivity index (χ1) is 10.9. The Morgan fingerprint density at radius 3 is 2.22 bits per heavy atom. The summed E-state index contributed by atoms with van der Waals surface area (Å²) >= 11 is 0. The smallest absolute Gasteiger partial charge is 0.339 e. The van der Waals surface area contributed by atoms with Crippen molar-refractivity contribution in [2.24, 2.45) is 0 Å². The lowest BCUT2D eigenvalue weighted by Gasteiger charge is -2.11. The lowest BCUT2D eigenvalue weighted by atomic mass is 10.1. The summed E-state index contributed by atoms with van der Waals surface area (Å²) in [5, 5.41) is 0. The van der Waals surface area contributed by atoms with Crippen molar-refractivity contribution < 1.29 is 22.1 Å². The summed E-state index contributed by atoms with van der Waals surface area (Å²) in [6.45, 7) is 3.41. The summed E-state index contributed by atoms with van der Waals surface area (Å²) in [6, 6.07) is 10.9. The number of hydrogen-bond donors (Lipinski definition) is 0. The maximum atomic E-state index is 12.3. The normalized spacial score (nSPS) is 11.1. The summed E-state index contributed by atoms with van der Waals surface area (Å²) in [7, 11) is -2.59. The van der Waals surface area contributed by atoms with Crippen LogP contribution in [-0.2, 0) is 16.5 Å². The van der Waals surface area contributed by atoms with Crippen LogP contribution < -0.4 is 8.92 Å². The molecular formula is C17H18O5S. The van der Waals surface area contributed by atoms with Crippen molar-refractivity contribution in [3.63, 3.8) is 0 Å². The van der Waals surface area contributed by atoms with E-state index in [1.54, 1.807) is 12.1 Å². The van der Waals surface area contributed by atoms with Gasteiger partial charge in [0.25, 0.3) is 0 Å². The summed E-state index contributed by atoms with van der Waals surface area (Å²) < 4.78 is 35.0. The molecule has 0 aromatic heterocycles. The van der Waals surface area contributed by atoms with Crippen molar-refractivity contribution in [2.45, 2.75) is 25.2 Å². The molecule has 0 atom stereocenters. The molecule has 5 nitrogen and oxygen atoms in total. The second-order valence-corrected chi connectivity index (χ2v) is 6.50. The lowest BCUT2D eigenvalue weighted by molar-refractivity contribution is 0.101. The Morgan fingerprint density at radius 1 is 1.04 bits per heavy atom. The van der Waals surface area contributed by atoms with Gasteiger partial charge >= 0.3 is 10.1 Å². The van der Waals surface area contributed by atoms with Crippen LogP contribution in [0.15, 0.2) is 47.4 Å². The van der Waals surface area contributed by atoms with Crippen LogP contribution in [0.1, 0.15) is 29.8 Å². The third kappa shape index (κ3) is 3.90. The Kier molecular flexibility index (Phi) is 5.05. The molecule has 0 spiro atoms. The molecule has 0 aliphatic carbocycles. The van der Waals surface area contributed by atoms with Gasteiger partial charge in [0, 0.05) is 5.56 Å². The second-order valence-electron chi connectivity index (χ2n) is 4.96. The SMILES string of the molecule is CCc1ccc(S(=O)(=O)Oc2ccc(C(C)=O)cc2OC)cc1. The van der Waals surface area contributed by atoms with E-state index in [2.05, 4.69) is 0 Å². The van der Waals surface area contributed by atoms with E-state index >= 15 is 0 Å². The van der Waals surface area contributed by atoms with Gasteiger partial charge in [0.05, 0.1) is 7.11 Å². The van der Waals surface area contributed by atoms with Crippen LogP contribution in [0.3, 0.4) is 0 Å². The molecule has 0 N–H and O–H groups in total. The van der Waals surface area contributed by atoms with Gasteiger partial charge in [0.2, 0.25) is 0 Å². The number of methoxy groups -OCH3 is 1. The van der Waals surface area contributed by atoms with E-state index in [1.165, 1.54) is 44.4 Å². The predicted octanol–water partition coefficient (Wildman–Crippen LogP) is 3.23. The van der Waals surface area contributed by atoms with Gasteiger partial charge in [-0.1, -0.05) is 19.1 Å². The minimum atomic E-state index is -3.97. The first kappa shape index (κ1) is 17.0. The van der Waals surface area contributed by atoms with Crippen molar-refractivity contribution in [3.05, 3.63) is 53.6 Å². The van der Waals surface area contributed by atoms with Crippen LogP contribution in [0.5, 0.6) is 11.5 Å². The second kappa shape index (κ2) is 6.83. The maximum Gasteiger partial charge on any atom is 0.339 e. The van der Waals surface area contributed by atoms with Gasteiger partial charge < -0.3 is 8.92 Å². The van der Waals surface area contributed by atoms with E-state index in [1.807, 2.05) is 6.92 Å². The average Bonchev–Trinajstić information content (AvgIpc) is 2.54. The fraction of sp³-hybridized carbons (Fsp3) is 0.235. The van der Waals surface area contributed by atoms with Gasteiger partial charge in [0.15, 0.2) is 17.3 Å². The minimum Gasteiger partial charge on any atom is -0.493 e. The van der Waals surface area contributed by atoms with Gasteiger partial charge in [-0.3, -0.25) is 4.79 Å². The zero-order valence-electron chi connectivity index (χ0n) is 13.2. The topological polar surface area (TPSA) is 69.7 Å². The van der Waals surface area contributed by atoms with E-state index in [-0.39, 0.29) is 22.2 Å². The number of ether oxygens (including phenoxy) is 1. The Balaban J connectivity index is 2.34. The highest BCUT2D eigenvalue weighted by Crippen LogP contribution is 2.31. The summed E-state index contributed by atoms with van der Waals surface area (Å²) in [6.07, 6.45) is 0.821. The van der Waals surface area contributed by atoms with E-state index < -0.39 is 10.1 Å². The zero-order chi connectivity index (χ0) is 17.0. The molecule has 0 aliphatic heterocycles. The van der Waals surface area contributed by atoms with Crippen LogP contribution in [0.2, 0.25) is 0 Å². The zero-order valence-corrected chi connectivity index (χ0v) is 14.0. The molecule has 0 amide bonds. The molecule has 6 heteroatoms. The number of benzene rings is 2. The number of rotatable bonds is 6. The molecule has 23 heavy (non-hydrogen) atoms. The Hall–Kier alpha value is -2.34. The Bertz CT molecular complexity index is 807. The number of hydrogen-bond acceptors (Lipinski definition) is 5. The van der Waals surface area contributed by atoms with Gasteiger partial charge in [-0.2, -0.15) is 8.42 Å². The number of carbonyl (C=O) groups excluding carboxylic acids is 1. The largest absolute Gasteiger partial charge is 0.493 e. The molecule has 0 heterocycles. The molecule has 0 radical (unpaired) electrons. The first-order valence-electron chi connectivity index (χ1n) is 7.09. The standard InChI is InChI=1S/C17H18O5S/c1-4-13-5-8-15(9-6-13)23(19,20)22-16-10-7-14(12(2)18)11-17(16)21-3/h5-11H,4H2,1-3H3. The molecule has 2 aromatic rings. The van der Waals surface area contributed by atoms with Crippen LogP contribution in [-0.4, -0.2) is 21.3 Å². The number of carbonyl (C=O) groups is 1. The number of Topliss-reactive ketones (excluding diaryl/α,β-unsaturated/α-hetero) is 1. The van der Waals surface area contributed by atoms with Crippen molar-refractivity contribution >= 4 is 15.9 Å².